The molecule has 0 spiro atoms. The summed E-state index contributed by atoms with van der Waals surface area (Å²) in [5.74, 6) is -0.842. The Hall–Kier alpha value is -3.12. The zero-order valence-electron chi connectivity index (χ0n) is 18.8. The summed E-state index contributed by atoms with van der Waals surface area (Å²) < 4.78 is 5.53. The number of carbonyl (C=O) groups excluding carboxylic acids is 2. The van der Waals surface area contributed by atoms with E-state index in [0.29, 0.717) is 29.8 Å². The molecule has 1 aliphatic heterocycles. The Labute approximate surface area is 183 Å². The molecule has 1 amide bonds. The second kappa shape index (κ2) is 9.35. The third-order valence-electron chi connectivity index (χ3n) is 5.63. The average Bonchev–Trinajstić information content (AvgIpc) is 2.99. The molecule has 2 aromatic carbocycles. The molecule has 3 rings (SSSR count). The van der Waals surface area contributed by atoms with Crippen LogP contribution >= 0.6 is 0 Å². The smallest absolute Gasteiger partial charge is 0.295 e. The number of Topliss-reactive ketones (excluding diaryl/α,β-unsaturated/α-hetero) is 1. The van der Waals surface area contributed by atoms with Crippen LogP contribution in [0.15, 0.2) is 48.0 Å². The molecule has 0 aliphatic carbocycles. The molecule has 1 N–H and O–H groups in total. The SMILES string of the molecule is COc1ccccc1[C@@H]1C(=C(O)c2cc(C)ccc2C)C(=O)C(=O)N1CCCN(C)C. The number of methoxy groups -OCH3 is 1. The third-order valence-corrected chi connectivity index (χ3v) is 5.63. The molecule has 2 aromatic rings. The fourth-order valence-electron chi connectivity index (χ4n) is 4.02. The van der Waals surface area contributed by atoms with Crippen LogP contribution in [0.1, 0.15) is 34.7 Å². The van der Waals surface area contributed by atoms with Crippen molar-refractivity contribution in [3.05, 3.63) is 70.3 Å². The van der Waals surface area contributed by atoms with Crippen molar-refractivity contribution in [2.75, 3.05) is 34.3 Å². The van der Waals surface area contributed by atoms with Crippen LogP contribution in [0.5, 0.6) is 5.75 Å². The van der Waals surface area contributed by atoms with Gasteiger partial charge < -0.3 is 19.6 Å². The second-order valence-corrected chi connectivity index (χ2v) is 8.21. The lowest BCUT2D eigenvalue weighted by Crippen LogP contribution is -2.32. The van der Waals surface area contributed by atoms with Gasteiger partial charge in [-0.05, 0) is 58.6 Å². The van der Waals surface area contributed by atoms with Crippen LogP contribution in [0.4, 0.5) is 0 Å². The number of aryl methyl sites for hydroxylation is 2. The van der Waals surface area contributed by atoms with E-state index in [4.69, 9.17) is 4.74 Å². The molecule has 1 saturated heterocycles. The zero-order valence-corrected chi connectivity index (χ0v) is 18.8. The van der Waals surface area contributed by atoms with Crippen LogP contribution in [0.25, 0.3) is 5.76 Å². The fraction of sp³-hybridized carbons (Fsp3) is 0.360. The highest BCUT2D eigenvalue weighted by atomic mass is 16.5. The van der Waals surface area contributed by atoms with Crippen molar-refractivity contribution in [3.8, 4) is 5.75 Å². The van der Waals surface area contributed by atoms with Gasteiger partial charge in [-0.2, -0.15) is 0 Å². The van der Waals surface area contributed by atoms with E-state index in [9.17, 15) is 14.7 Å². The molecule has 1 atom stereocenters. The van der Waals surface area contributed by atoms with Gasteiger partial charge >= 0.3 is 0 Å². The summed E-state index contributed by atoms with van der Waals surface area (Å²) in [5.41, 5.74) is 3.14. The predicted molar refractivity (Wildman–Crippen MR) is 121 cm³/mol. The number of likely N-dealkylation sites (tertiary alicyclic amines) is 1. The first kappa shape index (κ1) is 22.6. The van der Waals surface area contributed by atoms with Gasteiger partial charge in [0.15, 0.2) is 0 Å². The minimum absolute atomic E-state index is 0.105. The molecular weight excluding hydrogens is 392 g/mol. The number of rotatable bonds is 7. The number of aliphatic hydroxyl groups excluding tert-OH is 1. The summed E-state index contributed by atoms with van der Waals surface area (Å²) in [6, 6.07) is 12.3. The van der Waals surface area contributed by atoms with E-state index < -0.39 is 17.7 Å². The molecule has 1 aliphatic rings. The van der Waals surface area contributed by atoms with Crippen LogP contribution in [-0.2, 0) is 9.59 Å². The highest BCUT2D eigenvalue weighted by molar-refractivity contribution is 6.46. The number of ketones is 1. The molecular formula is C25H30N2O4. The second-order valence-electron chi connectivity index (χ2n) is 8.21. The number of hydrogen-bond donors (Lipinski definition) is 1. The Kier molecular flexibility index (Phi) is 6.81. The Morgan fingerprint density at radius 3 is 2.52 bits per heavy atom. The predicted octanol–water partition coefficient (Wildman–Crippen LogP) is 3.69. The molecule has 164 valence electrons. The lowest BCUT2D eigenvalue weighted by atomic mass is 9.93. The van der Waals surface area contributed by atoms with Crippen molar-refractivity contribution in [2.24, 2.45) is 0 Å². The number of hydrogen-bond acceptors (Lipinski definition) is 5. The van der Waals surface area contributed by atoms with Crippen LogP contribution in [0.2, 0.25) is 0 Å². The Balaban J connectivity index is 2.19. The monoisotopic (exact) mass is 422 g/mol. The Morgan fingerprint density at radius 1 is 1.13 bits per heavy atom. The van der Waals surface area contributed by atoms with Gasteiger partial charge in [-0.3, -0.25) is 9.59 Å². The Bertz CT molecular complexity index is 1030. The van der Waals surface area contributed by atoms with E-state index in [-0.39, 0.29) is 11.3 Å². The topological polar surface area (TPSA) is 70.1 Å². The van der Waals surface area contributed by atoms with Crippen molar-refractivity contribution in [2.45, 2.75) is 26.3 Å². The molecule has 6 nitrogen and oxygen atoms in total. The van der Waals surface area contributed by atoms with Gasteiger partial charge in [0.1, 0.15) is 11.5 Å². The van der Waals surface area contributed by atoms with Gasteiger partial charge in [0.2, 0.25) is 0 Å². The number of carbonyl (C=O) groups is 2. The number of amides is 1. The summed E-state index contributed by atoms with van der Waals surface area (Å²) in [5, 5.41) is 11.3. The molecule has 0 bridgehead atoms. The van der Waals surface area contributed by atoms with Gasteiger partial charge in [-0.1, -0.05) is 35.9 Å². The third kappa shape index (κ3) is 4.49. The minimum Gasteiger partial charge on any atom is -0.507 e. The van der Waals surface area contributed by atoms with E-state index >= 15 is 0 Å². The van der Waals surface area contributed by atoms with E-state index in [1.807, 2.05) is 69.2 Å². The number of benzene rings is 2. The highest BCUT2D eigenvalue weighted by Crippen LogP contribution is 2.43. The summed E-state index contributed by atoms with van der Waals surface area (Å²) >= 11 is 0. The number of para-hydroxylation sites is 1. The standard InChI is InChI=1S/C25H30N2O4/c1-16-11-12-17(2)19(15-16)23(28)21-22(18-9-6-7-10-20(18)31-5)27(25(30)24(21)29)14-8-13-26(3)4/h6-7,9-12,15,22,28H,8,13-14H2,1-5H3/t22-/m1/s1. The average molecular weight is 423 g/mol. The van der Waals surface area contributed by atoms with Crippen LogP contribution in [0, 0.1) is 13.8 Å². The largest absolute Gasteiger partial charge is 0.507 e. The van der Waals surface area contributed by atoms with Crippen molar-refractivity contribution >= 4 is 17.4 Å². The number of aliphatic hydroxyl groups is 1. The highest BCUT2D eigenvalue weighted by Gasteiger charge is 2.46. The molecule has 0 aromatic heterocycles. The zero-order chi connectivity index (χ0) is 22.7. The van der Waals surface area contributed by atoms with E-state index in [1.54, 1.807) is 18.1 Å². The summed E-state index contributed by atoms with van der Waals surface area (Å²) in [7, 11) is 5.49. The Morgan fingerprint density at radius 2 is 1.84 bits per heavy atom. The molecule has 1 fully saturated rings. The number of ether oxygens (including phenoxy) is 1. The van der Waals surface area contributed by atoms with Gasteiger partial charge in [0, 0.05) is 17.7 Å². The first-order valence-electron chi connectivity index (χ1n) is 10.4. The summed E-state index contributed by atoms with van der Waals surface area (Å²) in [6.45, 7) is 4.97. The molecule has 0 saturated carbocycles. The van der Waals surface area contributed by atoms with E-state index in [1.165, 1.54) is 0 Å². The normalized spacial score (nSPS) is 18.1. The first-order valence-corrected chi connectivity index (χ1v) is 10.4. The van der Waals surface area contributed by atoms with Crippen LogP contribution < -0.4 is 4.74 Å². The van der Waals surface area contributed by atoms with Gasteiger partial charge in [-0.25, -0.2) is 0 Å². The lowest BCUT2D eigenvalue weighted by Gasteiger charge is -2.27. The van der Waals surface area contributed by atoms with Crippen molar-refractivity contribution in [1.29, 1.82) is 0 Å². The van der Waals surface area contributed by atoms with E-state index in [2.05, 4.69) is 0 Å². The fourth-order valence-corrected chi connectivity index (χ4v) is 4.02. The molecule has 0 unspecified atom stereocenters. The maximum Gasteiger partial charge on any atom is 0.295 e. The molecule has 6 heteroatoms. The minimum atomic E-state index is -0.710. The van der Waals surface area contributed by atoms with Gasteiger partial charge in [0.05, 0.1) is 18.7 Å². The maximum atomic E-state index is 13.1. The van der Waals surface area contributed by atoms with Gasteiger partial charge in [-0.15, -0.1) is 0 Å². The van der Waals surface area contributed by atoms with Crippen molar-refractivity contribution in [1.82, 2.24) is 9.80 Å². The van der Waals surface area contributed by atoms with Gasteiger partial charge in [0.25, 0.3) is 11.7 Å². The summed E-state index contributed by atoms with van der Waals surface area (Å²) in [4.78, 5) is 29.8. The van der Waals surface area contributed by atoms with Crippen LogP contribution in [-0.4, -0.2) is 60.9 Å². The molecule has 31 heavy (non-hydrogen) atoms. The number of nitrogens with zero attached hydrogens (tertiary/aromatic N) is 2. The first-order chi connectivity index (χ1) is 14.8. The van der Waals surface area contributed by atoms with E-state index in [0.717, 1.165) is 17.7 Å². The lowest BCUT2D eigenvalue weighted by molar-refractivity contribution is -0.140. The molecule has 1 heterocycles. The quantitative estimate of drug-likeness (QED) is 0.419. The summed E-state index contributed by atoms with van der Waals surface area (Å²) in [6.07, 6.45) is 0.704. The van der Waals surface area contributed by atoms with Crippen molar-refractivity contribution < 1.29 is 19.4 Å². The maximum absolute atomic E-state index is 13.1. The van der Waals surface area contributed by atoms with Crippen molar-refractivity contribution in [3.63, 3.8) is 0 Å². The molecule has 0 radical (unpaired) electrons. The van der Waals surface area contributed by atoms with Crippen LogP contribution in [0.3, 0.4) is 0 Å².